The van der Waals surface area contributed by atoms with Crippen molar-refractivity contribution in [2.24, 2.45) is 0 Å². The first-order valence-electron chi connectivity index (χ1n) is 11.1. The van der Waals surface area contributed by atoms with Gasteiger partial charge in [-0.2, -0.15) is 18.3 Å². The highest BCUT2D eigenvalue weighted by atomic mass is 19.4. The summed E-state index contributed by atoms with van der Waals surface area (Å²) in [4.78, 5) is 22.3. The van der Waals surface area contributed by atoms with E-state index in [0.29, 0.717) is 42.8 Å². The van der Waals surface area contributed by atoms with Gasteiger partial charge in [0.1, 0.15) is 6.67 Å². The van der Waals surface area contributed by atoms with Crippen LogP contribution in [0.2, 0.25) is 0 Å². The fourth-order valence-electron chi connectivity index (χ4n) is 3.46. The monoisotopic (exact) mass is 481 g/mol. The van der Waals surface area contributed by atoms with Gasteiger partial charge in [0.15, 0.2) is 0 Å². The summed E-state index contributed by atoms with van der Waals surface area (Å²) in [5.74, 6) is -0.417. The molecule has 0 saturated heterocycles. The number of hydrogen-bond acceptors (Lipinski definition) is 5. The van der Waals surface area contributed by atoms with Crippen molar-refractivity contribution < 1.29 is 32.6 Å². The summed E-state index contributed by atoms with van der Waals surface area (Å²) in [6.07, 6.45) is -0.839. The molecule has 7 nitrogen and oxygen atoms in total. The normalized spacial score (nSPS) is 12.8. The van der Waals surface area contributed by atoms with Crippen LogP contribution in [0.5, 0.6) is 0 Å². The van der Waals surface area contributed by atoms with Crippen molar-refractivity contribution in [1.82, 2.24) is 15.1 Å². The van der Waals surface area contributed by atoms with Crippen LogP contribution in [0.3, 0.4) is 0 Å². The zero-order valence-electron chi connectivity index (χ0n) is 19.4. The molecule has 0 bridgehead atoms. The summed E-state index contributed by atoms with van der Waals surface area (Å²) in [5, 5.41) is 17.4. The Hall–Kier alpha value is -3.14. The molecule has 0 aliphatic rings. The number of halogens is 3. The Labute approximate surface area is 196 Å². The van der Waals surface area contributed by atoms with Gasteiger partial charge in [-0.15, -0.1) is 0 Å². The molecule has 0 radical (unpaired) electrons. The predicted molar refractivity (Wildman–Crippen MR) is 121 cm³/mol. The van der Waals surface area contributed by atoms with Crippen molar-refractivity contribution in [2.75, 3.05) is 6.61 Å². The number of aliphatic hydroxyl groups is 1. The number of nitrogens with one attached hydrogen (secondary N) is 1. The standard InChI is InChI=1S/C24H30F3N3O4/c1-4-34-21(33)10-6-9-19(32)11-12-20-22(16(2)3)29-30(14-28-15-31)23(20)17-7-5-8-18(13-17)24(25,26)27/h5,7-8,11-13,15-16,19,32H,4,6,9-10,14H2,1-3H3,(H,28,31)/b12-11+/t19-/m0/s1. The number of aliphatic hydroxyl groups excluding tert-OH is 1. The zero-order valence-corrected chi connectivity index (χ0v) is 19.4. The molecule has 34 heavy (non-hydrogen) atoms. The van der Waals surface area contributed by atoms with E-state index in [0.717, 1.165) is 12.1 Å². The molecule has 0 saturated carbocycles. The molecule has 0 unspecified atom stereocenters. The molecular formula is C24H30F3N3O4. The lowest BCUT2D eigenvalue weighted by molar-refractivity contribution is -0.143. The Morgan fingerprint density at radius 3 is 2.68 bits per heavy atom. The second kappa shape index (κ2) is 12.4. The average Bonchev–Trinajstić information content (AvgIpc) is 3.14. The third-order valence-corrected chi connectivity index (χ3v) is 5.02. The first kappa shape index (κ1) is 27.1. The van der Waals surface area contributed by atoms with Crippen LogP contribution in [-0.4, -0.2) is 40.0 Å². The minimum atomic E-state index is -4.52. The van der Waals surface area contributed by atoms with Crippen LogP contribution in [0, 0.1) is 0 Å². The highest BCUT2D eigenvalue weighted by molar-refractivity contribution is 5.75. The fourth-order valence-corrected chi connectivity index (χ4v) is 3.46. The molecular weight excluding hydrogens is 451 g/mol. The lowest BCUT2D eigenvalue weighted by Gasteiger charge is -2.12. The molecule has 186 valence electrons. The molecule has 1 heterocycles. The summed E-state index contributed by atoms with van der Waals surface area (Å²) in [6.45, 7) is 5.76. The number of carbonyl (C=O) groups is 2. The van der Waals surface area contributed by atoms with E-state index in [9.17, 15) is 27.9 Å². The van der Waals surface area contributed by atoms with Crippen LogP contribution < -0.4 is 5.32 Å². The Bertz CT molecular complexity index is 1000. The Balaban J connectivity index is 2.43. The number of rotatable bonds is 12. The second-order valence-corrected chi connectivity index (χ2v) is 7.98. The molecule has 0 aliphatic heterocycles. The Morgan fingerprint density at radius 2 is 2.06 bits per heavy atom. The SMILES string of the molecule is CCOC(=O)CCC[C@H](O)/C=C/c1c(C(C)C)nn(CNC=O)c1-c1cccc(C(F)(F)F)c1. The maximum absolute atomic E-state index is 13.3. The number of nitrogens with zero attached hydrogens (tertiary/aromatic N) is 2. The number of esters is 1. The van der Waals surface area contributed by atoms with Gasteiger partial charge in [0.25, 0.3) is 0 Å². The van der Waals surface area contributed by atoms with Crippen molar-refractivity contribution >= 4 is 18.5 Å². The first-order valence-corrected chi connectivity index (χ1v) is 11.1. The minimum absolute atomic E-state index is 0.0370. The fraction of sp³-hybridized carbons (Fsp3) is 0.458. The average molecular weight is 482 g/mol. The zero-order chi connectivity index (χ0) is 25.3. The van der Waals surface area contributed by atoms with Crippen LogP contribution >= 0.6 is 0 Å². The summed E-state index contributed by atoms with van der Waals surface area (Å²) >= 11 is 0. The molecule has 2 aromatic rings. The number of carbonyl (C=O) groups excluding carboxylic acids is 2. The van der Waals surface area contributed by atoms with Crippen molar-refractivity contribution in [2.45, 2.75) is 64.9 Å². The highest BCUT2D eigenvalue weighted by Crippen LogP contribution is 2.35. The van der Waals surface area contributed by atoms with E-state index in [-0.39, 0.29) is 30.5 Å². The number of benzene rings is 1. The minimum Gasteiger partial charge on any atom is -0.466 e. The first-order chi connectivity index (χ1) is 16.1. The van der Waals surface area contributed by atoms with E-state index in [1.165, 1.54) is 16.8 Å². The van der Waals surface area contributed by atoms with E-state index in [2.05, 4.69) is 10.4 Å². The maximum Gasteiger partial charge on any atom is 0.416 e. The Kier molecular flexibility index (Phi) is 9.85. The summed E-state index contributed by atoms with van der Waals surface area (Å²) in [7, 11) is 0. The van der Waals surface area contributed by atoms with Crippen LogP contribution in [0.25, 0.3) is 17.3 Å². The quantitative estimate of drug-likeness (QED) is 0.344. The molecule has 0 fully saturated rings. The van der Waals surface area contributed by atoms with Gasteiger partial charge in [0, 0.05) is 17.5 Å². The van der Waals surface area contributed by atoms with Gasteiger partial charge in [0.05, 0.1) is 29.7 Å². The predicted octanol–water partition coefficient (Wildman–Crippen LogP) is 4.50. The van der Waals surface area contributed by atoms with Crippen LogP contribution in [0.15, 0.2) is 30.3 Å². The molecule has 0 spiro atoms. The molecule has 1 atom stereocenters. The van der Waals surface area contributed by atoms with E-state index in [1.807, 2.05) is 13.8 Å². The third kappa shape index (κ3) is 7.44. The third-order valence-electron chi connectivity index (χ3n) is 5.02. The second-order valence-electron chi connectivity index (χ2n) is 7.98. The van der Waals surface area contributed by atoms with Gasteiger partial charge in [-0.1, -0.05) is 38.1 Å². The number of amides is 1. The summed E-state index contributed by atoms with van der Waals surface area (Å²) < 4.78 is 46.3. The van der Waals surface area contributed by atoms with Crippen LogP contribution in [0.4, 0.5) is 13.2 Å². The molecule has 1 aromatic heterocycles. The van der Waals surface area contributed by atoms with Crippen LogP contribution in [-0.2, 0) is 27.2 Å². The van der Waals surface area contributed by atoms with E-state index >= 15 is 0 Å². The highest BCUT2D eigenvalue weighted by Gasteiger charge is 2.31. The topological polar surface area (TPSA) is 93.4 Å². The van der Waals surface area contributed by atoms with Crippen molar-refractivity contribution in [3.8, 4) is 11.3 Å². The Morgan fingerprint density at radius 1 is 1.32 bits per heavy atom. The van der Waals surface area contributed by atoms with Crippen molar-refractivity contribution in [1.29, 1.82) is 0 Å². The van der Waals surface area contributed by atoms with Gasteiger partial charge in [-0.3, -0.25) is 9.59 Å². The molecule has 1 amide bonds. The number of aromatic nitrogens is 2. The largest absolute Gasteiger partial charge is 0.466 e. The molecule has 2 N–H and O–H groups in total. The van der Waals surface area contributed by atoms with Gasteiger partial charge in [0.2, 0.25) is 6.41 Å². The molecule has 1 aromatic carbocycles. The number of alkyl halides is 3. The van der Waals surface area contributed by atoms with E-state index < -0.39 is 17.8 Å². The molecule has 2 rings (SSSR count). The summed E-state index contributed by atoms with van der Waals surface area (Å²) in [6, 6.07) is 4.88. The smallest absolute Gasteiger partial charge is 0.416 e. The molecule has 10 heteroatoms. The number of hydrogen-bond donors (Lipinski definition) is 2. The van der Waals surface area contributed by atoms with Crippen LogP contribution in [0.1, 0.15) is 62.8 Å². The van der Waals surface area contributed by atoms with Gasteiger partial charge in [-0.25, -0.2) is 4.68 Å². The van der Waals surface area contributed by atoms with Gasteiger partial charge < -0.3 is 15.2 Å². The molecule has 0 aliphatic carbocycles. The number of ether oxygens (including phenoxy) is 1. The lowest BCUT2D eigenvalue weighted by Crippen LogP contribution is -2.18. The summed E-state index contributed by atoms with van der Waals surface area (Å²) in [5.41, 5.74) is 1.01. The van der Waals surface area contributed by atoms with E-state index in [1.54, 1.807) is 19.1 Å². The van der Waals surface area contributed by atoms with Crippen molar-refractivity contribution in [3.63, 3.8) is 0 Å². The van der Waals surface area contributed by atoms with Gasteiger partial charge >= 0.3 is 12.1 Å². The van der Waals surface area contributed by atoms with Crippen molar-refractivity contribution in [3.05, 3.63) is 47.2 Å². The maximum atomic E-state index is 13.3. The van der Waals surface area contributed by atoms with E-state index in [4.69, 9.17) is 4.74 Å². The lowest BCUT2D eigenvalue weighted by atomic mass is 9.98. The van der Waals surface area contributed by atoms with Gasteiger partial charge in [-0.05, 0) is 37.8 Å².